The number of hydrogen-bond acceptors (Lipinski definition) is 5. The van der Waals surface area contributed by atoms with E-state index in [1.165, 1.54) is 22.5 Å². The van der Waals surface area contributed by atoms with Gasteiger partial charge in [-0.15, -0.1) is 10.2 Å². The highest BCUT2D eigenvalue weighted by Crippen LogP contribution is 2.24. The highest BCUT2D eigenvalue weighted by atomic mass is 32.2. The molecule has 0 radical (unpaired) electrons. The van der Waals surface area contributed by atoms with Crippen molar-refractivity contribution in [1.29, 1.82) is 0 Å². The molecule has 0 spiro atoms. The molecule has 8 heteroatoms. The van der Waals surface area contributed by atoms with Gasteiger partial charge < -0.3 is 11.2 Å². The monoisotopic (exact) mass is 399 g/mol. The lowest BCUT2D eigenvalue weighted by molar-refractivity contribution is -0.120. The summed E-state index contributed by atoms with van der Waals surface area (Å²) in [6.07, 6.45) is 0.842. The molecular weight excluding hydrogens is 377 g/mol. The molecule has 28 heavy (non-hydrogen) atoms. The number of aromatic nitrogens is 3. The fourth-order valence-corrected chi connectivity index (χ4v) is 3.59. The van der Waals surface area contributed by atoms with Crippen LogP contribution < -0.4 is 11.2 Å². The normalized spacial score (nSPS) is 11.9. The first kappa shape index (κ1) is 19.9. The van der Waals surface area contributed by atoms with E-state index in [1.807, 2.05) is 37.3 Å². The van der Waals surface area contributed by atoms with Crippen LogP contribution in [0.15, 0.2) is 59.8 Å². The van der Waals surface area contributed by atoms with E-state index in [9.17, 15) is 9.18 Å². The van der Waals surface area contributed by atoms with Gasteiger partial charge in [-0.2, -0.15) is 0 Å². The summed E-state index contributed by atoms with van der Waals surface area (Å²) >= 11 is 1.25. The van der Waals surface area contributed by atoms with Crippen LogP contribution in [0.2, 0.25) is 0 Å². The Kier molecular flexibility index (Phi) is 6.65. The first-order valence-corrected chi connectivity index (χ1v) is 9.87. The molecule has 3 aromatic rings. The zero-order chi connectivity index (χ0) is 19.9. The average molecular weight is 399 g/mol. The van der Waals surface area contributed by atoms with Gasteiger partial charge >= 0.3 is 0 Å². The van der Waals surface area contributed by atoms with Crippen LogP contribution in [-0.2, 0) is 17.8 Å². The quantitative estimate of drug-likeness (QED) is 0.449. The van der Waals surface area contributed by atoms with Crippen molar-refractivity contribution >= 4 is 17.7 Å². The smallest absolute Gasteiger partial charge is 0.233 e. The van der Waals surface area contributed by atoms with E-state index in [1.54, 1.807) is 18.2 Å². The average Bonchev–Trinajstić information content (AvgIpc) is 3.06. The molecule has 0 aliphatic heterocycles. The van der Waals surface area contributed by atoms with Gasteiger partial charge in [-0.25, -0.2) is 9.07 Å². The molecule has 1 amide bonds. The second-order valence-corrected chi connectivity index (χ2v) is 7.43. The van der Waals surface area contributed by atoms with Gasteiger partial charge in [0.1, 0.15) is 5.82 Å². The molecule has 0 aliphatic carbocycles. The van der Waals surface area contributed by atoms with Crippen molar-refractivity contribution in [2.45, 2.75) is 36.7 Å². The van der Waals surface area contributed by atoms with Gasteiger partial charge in [0.2, 0.25) is 11.1 Å². The molecule has 3 rings (SSSR count). The van der Waals surface area contributed by atoms with Crippen LogP contribution in [0.25, 0.3) is 0 Å². The van der Waals surface area contributed by atoms with Gasteiger partial charge in [0.15, 0.2) is 5.82 Å². The molecule has 6 nitrogen and oxygen atoms in total. The van der Waals surface area contributed by atoms with E-state index in [-0.39, 0.29) is 23.4 Å². The van der Waals surface area contributed by atoms with Gasteiger partial charge in [0.05, 0.1) is 5.25 Å². The molecule has 0 saturated carbocycles. The zero-order valence-electron chi connectivity index (χ0n) is 15.5. The zero-order valence-corrected chi connectivity index (χ0v) is 16.3. The number of nitrogen functional groups attached to an aromatic ring is 1. The molecule has 0 fully saturated rings. The minimum Gasteiger partial charge on any atom is -0.351 e. The maximum absolute atomic E-state index is 13.9. The van der Waals surface area contributed by atoms with Crippen molar-refractivity contribution in [1.82, 2.24) is 20.2 Å². The van der Waals surface area contributed by atoms with Crippen molar-refractivity contribution in [2.75, 3.05) is 5.84 Å². The molecule has 1 atom stereocenters. The van der Waals surface area contributed by atoms with Gasteiger partial charge in [-0.05, 0) is 23.6 Å². The highest BCUT2D eigenvalue weighted by Gasteiger charge is 2.22. The van der Waals surface area contributed by atoms with Gasteiger partial charge in [-0.3, -0.25) is 4.79 Å². The molecule has 0 unspecified atom stereocenters. The minimum atomic E-state index is -0.350. The maximum Gasteiger partial charge on any atom is 0.233 e. The van der Waals surface area contributed by atoms with Crippen molar-refractivity contribution in [3.8, 4) is 0 Å². The predicted octanol–water partition coefficient (Wildman–Crippen LogP) is 2.91. The third-order valence-corrected chi connectivity index (χ3v) is 5.58. The van der Waals surface area contributed by atoms with Crippen molar-refractivity contribution in [2.24, 2.45) is 0 Å². The Morgan fingerprint density at radius 1 is 1.18 bits per heavy atom. The van der Waals surface area contributed by atoms with Crippen LogP contribution in [0.5, 0.6) is 0 Å². The van der Waals surface area contributed by atoms with Crippen molar-refractivity contribution < 1.29 is 9.18 Å². The number of amides is 1. The molecule has 0 saturated heterocycles. The maximum atomic E-state index is 13.9. The van der Waals surface area contributed by atoms with Crippen LogP contribution in [-0.4, -0.2) is 26.0 Å². The number of nitrogens with one attached hydrogen (secondary N) is 1. The fraction of sp³-hybridized carbons (Fsp3) is 0.250. The summed E-state index contributed by atoms with van der Waals surface area (Å²) < 4.78 is 15.2. The second-order valence-electron chi connectivity index (χ2n) is 6.26. The Hall–Kier alpha value is -2.87. The summed E-state index contributed by atoms with van der Waals surface area (Å²) in [5.74, 6) is 6.12. The third-order valence-electron chi connectivity index (χ3n) is 4.26. The number of thioether (sulfide) groups is 1. The van der Waals surface area contributed by atoms with Crippen LogP contribution in [0, 0.1) is 5.82 Å². The number of rotatable bonds is 8. The Morgan fingerprint density at radius 3 is 2.61 bits per heavy atom. The number of carbonyl (C=O) groups is 1. The van der Waals surface area contributed by atoms with E-state index >= 15 is 0 Å². The molecule has 0 aliphatic rings. The first-order valence-electron chi connectivity index (χ1n) is 8.99. The van der Waals surface area contributed by atoms with E-state index < -0.39 is 0 Å². The van der Waals surface area contributed by atoms with Crippen LogP contribution in [0.1, 0.15) is 30.3 Å². The SMILES string of the molecule is CC[C@H](Sc1nnc(Cc2ccccc2F)n1N)C(=O)NCc1ccccc1. The lowest BCUT2D eigenvalue weighted by Crippen LogP contribution is -2.32. The molecule has 1 aromatic heterocycles. The van der Waals surface area contributed by atoms with Gasteiger partial charge in [0.25, 0.3) is 0 Å². The predicted molar refractivity (Wildman–Crippen MR) is 108 cm³/mol. The van der Waals surface area contributed by atoms with Crippen LogP contribution >= 0.6 is 11.8 Å². The summed E-state index contributed by atoms with van der Waals surface area (Å²) in [6.45, 7) is 2.39. The van der Waals surface area contributed by atoms with E-state index in [0.29, 0.717) is 29.5 Å². The Morgan fingerprint density at radius 2 is 1.89 bits per heavy atom. The summed E-state index contributed by atoms with van der Waals surface area (Å²) in [4.78, 5) is 12.5. The lowest BCUT2D eigenvalue weighted by atomic mass is 10.1. The Labute approximate surface area is 167 Å². The van der Waals surface area contributed by atoms with Crippen molar-refractivity contribution in [3.05, 3.63) is 77.4 Å². The molecular formula is C20H22FN5OS. The summed E-state index contributed by atoms with van der Waals surface area (Å²) in [5.41, 5.74) is 1.52. The highest BCUT2D eigenvalue weighted by molar-refractivity contribution is 8.00. The first-order chi connectivity index (χ1) is 13.6. The number of hydrogen-bond donors (Lipinski definition) is 2. The van der Waals surface area contributed by atoms with E-state index in [2.05, 4.69) is 15.5 Å². The Balaban J connectivity index is 1.64. The second kappa shape index (κ2) is 9.36. The Bertz CT molecular complexity index is 931. The molecule has 146 valence electrons. The topological polar surface area (TPSA) is 85.8 Å². The number of halogens is 1. The molecule has 1 heterocycles. The standard InChI is InChI=1S/C20H22FN5OS/c1-2-17(19(27)23-13-14-8-4-3-5-9-14)28-20-25-24-18(26(20)22)12-15-10-6-7-11-16(15)21/h3-11,17H,2,12-13,22H2,1H3,(H,23,27)/t17-/m0/s1. The largest absolute Gasteiger partial charge is 0.351 e. The van der Waals surface area contributed by atoms with Crippen LogP contribution in [0.3, 0.4) is 0 Å². The third kappa shape index (κ3) is 4.89. The molecule has 2 aromatic carbocycles. The summed E-state index contributed by atoms with van der Waals surface area (Å²) in [5, 5.41) is 11.1. The van der Waals surface area contributed by atoms with E-state index in [0.717, 1.165) is 5.56 Å². The fourth-order valence-electron chi connectivity index (χ4n) is 2.67. The van der Waals surface area contributed by atoms with Crippen molar-refractivity contribution in [3.63, 3.8) is 0 Å². The van der Waals surface area contributed by atoms with Gasteiger partial charge in [0, 0.05) is 13.0 Å². The number of nitrogens with zero attached hydrogens (tertiary/aromatic N) is 3. The summed E-state index contributed by atoms with van der Waals surface area (Å²) in [6, 6.07) is 16.2. The number of benzene rings is 2. The lowest BCUT2D eigenvalue weighted by Gasteiger charge is -2.14. The van der Waals surface area contributed by atoms with Gasteiger partial charge in [-0.1, -0.05) is 67.2 Å². The number of nitrogens with two attached hydrogens (primary N) is 1. The number of carbonyl (C=O) groups excluding carboxylic acids is 1. The van der Waals surface area contributed by atoms with Crippen LogP contribution in [0.4, 0.5) is 4.39 Å². The molecule has 3 N–H and O–H groups in total. The molecule has 0 bridgehead atoms. The minimum absolute atomic E-state index is 0.0880. The van der Waals surface area contributed by atoms with E-state index in [4.69, 9.17) is 5.84 Å². The summed E-state index contributed by atoms with van der Waals surface area (Å²) in [7, 11) is 0.